The number of carbonyl (C=O) groups excluding carboxylic acids is 2. The molecule has 3 nitrogen and oxygen atoms in total. The average Bonchev–Trinajstić information content (AvgIpc) is 2.48. The normalized spacial score (nSPS) is 10.3. The fourth-order valence-electron chi connectivity index (χ4n) is 1.79. The lowest BCUT2D eigenvalue weighted by molar-refractivity contribution is -0.141. The van der Waals surface area contributed by atoms with Crippen molar-refractivity contribution < 1.29 is 14.3 Å². The second kappa shape index (κ2) is 6.15. The highest BCUT2D eigenvalue weighted by atomic mass is 16.6. The maximum atomic E-state index is 12.1. The van der Waals surface area contributed by atoms with Gasteiger partial charge in [-0.3, -0.25) is 4.79 Å². The molecule has 0 aromatic heterocycles. The summed E-state index contributed by atoms with van der Waals surface area (Å²) in [6, 6.07) is 16.6. The molecule has 0 aliphatic carbocycles. The fraction of sp³-hybridized carbons (Fsp3) is 0.176. The molecule has 0 fully saturated rings. The van der Waals surface area contributed by atoms with Crippen LogP contribution < -0.4 is 0 Å². The van der Waals surface area contributed by atoms with Gasteiger partial charge in [-0.05, 0) is 17.2 Å². The van der Waals surface area contributed by atoms with Gasteiger partial charge in [-0.25, -0.2) is 4.79 Å². The number of hydrogen-bond acceptors (Lipinski definition) is 3. The Labute approximate surface area is 118 Å². The lowest BCUT2D eigenvalue weighted by Gasteiger charge is -2.09. The summed E-state index contributed by atoms with van der Waals surface area (Å²) in [7, 11) is 0. The van der Waals surface area contributed by atoms with Gasteiger partial charge in [0.05, 0.1) is 11.5 Å². The van der Waals surface area contributed by atoms with E-state index in [2.05, 4.69) is 0 Å². The Morgan fingerprint density at radius 1 is 0.900 bits per heavy atom. The van der Waals surface area contributed by atoms with Crippen LogP contribution in [-0.4, -0.2) is 11.9 Å². The summed E-state index contributed by atoms with van der Waals surface area (Å²) in [5.41, 5.74) is 2.07. The van der Waals surface area contributed by atoms with Gasteiger partial charge in [0, 0.05) is 0 Å². The zero-order chi connectivity index (χ0) is 14.5. The Balaban J connectivity index is 2.34. The first-order chi connectivity index (χ1) is 9.59. The second-order valence-electron chi connectivity index (χ2n) is 4.77. The molecule has 0 amide bonds. The highest BCUT2D eigenvalue weighted by Crippen LogP contribution is 2.24. The van der Waals surface area contributed by atoms with Gasteiger partial charge in [0.2, 0.25) is 0 Å². The van der Waals surface area contributed by atoms with Crippen LogP contribution in [0.1, 0.15) is 24.2 Å². The summed E-state index contributed by atoms with van der Waals surface area (Å²) in [5, 5.41) is 0. The van der Waals surface area contributed by atoms with Crippen molar-refractivity contribution >= 4 is 11.9 Å². The molecule has 0 bridgehead atoms. The summed E-state index contributed by atoms with van der Waals surface area (Å²) in [5.74, 6) is -1.45. The summed E-state index contributed by atoms with van der Waals surface area (Å²) in [4.78, 5) is 23.6. The molecule has 0 N–H and O–H groups in total. The van der Waals surface area contributed by atoms with E-state index in [1.54, 1.807) is 26.0 Å². The average molecular weight is 268 g/mol. The van der Waals surface area contributed by atoms with E-state index in [9.17, 15) is 9.59 Å². The molecule has 2 aromatic carbocycles. The molecule has 20 heavy (non-hydrogen) atoms. The largest absolute Gasteiger partial charge is 0.389 e. The van der Waals surface area contributed by atoms with Crippen molar-refractivity contribution in [1.82, 2.24) is 0 Å². The van der Waals surface area contributed by atoms with Gasteiger partial charge in [0.1, 0.15) is 0 Å². The van der Waals surface area contributed by atoms with Crippen molar-refractivity contribution in [1.29, 1.82) is 0 Å². The third-order valence-electron chi connectivity index (χ3n) is 2.90. The van der Waals surface area contributed by atoms with Crippen molar-refractivity contribution in [2.24, 2.45) is 5.92 Å². The minimum Gasteiger partial charge on any atom is -0.389 e. The van der Waals surface area contributed by atoms with E-state index in [1.165, 1.54) is 0 Å². The van der Waals surface area contributed by atoms with Gasteiger partial charge < -0.3 is 4.74 Å². The Hall–Kier alpha value is -2.42. The molecule has 0 aliphatic rings. The number of hydrogen-bond donors (Lipinski definition) is 0. The first-order valence-corrected chi connectivity index (χ1v) is 6.50. The summed E-state index contributed by atoms with van der Waals surface area (Å²) in [6.45, 7) is 3.39. The van der Waals surface area contributed by atoms with Crippen molar-refractivity contribution in [2.75, 3.05) is 0 Å². The molecule has 0 aliphatic heterocycles. The quantitative estimate of drug-likeness (QED) is 0.629. The van der Waals surface area contributed by atoms with Crippen LogP contribution >= 0.6 is 0 Å². The van der Waals surface area contributed by atoms with Crippen LogP contribution in [-0.2, 0) is 9.53 Å². The molecule has 0 radical (unpaired) electrons. The van der Waals surface area contributed by atoms with Crippen LogP contribution in [0.5, 0.6) is 0 Å². The number of esters is 2. The van der Waals surface area contributed by atoms with Crippen LogP contribution in [0.2, 0.25) is 0 Å². The highest BCUT2D eigenvalue weighted by molar-refractivity contribution is 6.02. The number of ether oxygens (including phenoxy) is 1. The van der Waals surface area contributed by atoms with E-state index in [1.807, 2.05) is 42.5 Å². The van der Waals surface area contributed by atoms with E-state index in [0.717, 1.165) is 11.1 Å². The predicted octanol–water partition coefficient (Wildman–Crippen LogP) is 3.69. The van der Waals surface area contributed by atoms with Gasteiger partial charge in [0.15, 0.2) is 0 Å². The van der Waals surface area contributed by atoms with E-state index in [4.69, 9.17) is 4.74 Å². The Kier molecular flexibility index (Phi) is 4.31. The summed E-state index contributed by atoms with van der Waals surface area (Å²) in [6.07, 6.45) is 0. The maximum Gasteiger partial charge on any atom is 0.346 e. The molecule has 2 rings (SSSR count). The molecule has 102 valence electrons. The molecular weight excluding hydrogens is 252 g/mol. The third-order valence-corrected chi connectivity index (χ3v) is 2.90. The molecule has 0 atom stereocenters. The van der Waals surface area contributed by atoms with Gasteiger partial charge in [-0.15, -0.1) is 0 Å². The van der Waals surface area contributed by atoms with Crippen LogP contribution in [0.15, 0.2) is 54.6 Å². The molecule has 0 saturated carbocycles. The monoisotopic (exact) mass is 268 g/mol. The lowest BCUT2D eigenvalue weighted by atomic mass is 10.00. The molecule has 0 heterocycles. The first kappa shape index (κ1) is 14.0. The minimum absolute atomic E-state index is 0.331. The standard InChI is InChI=1S/C17H16O3/c1-12(2)16(18)20-17(19)15-11-7-6-10-14(15)13-8-4-3-5-9-13/h3-12H,1-2H3. The number of rotatable bonds is 3. The van der Waals surface area contributed by atoms with E-state index in [-0.39, 0.29) is 5.92 Å². The lowest BCUT2D eigenvalue weighted by Crippen LogP contribution is -2.17. The van der Waals surface area contributed by atoms with Gasteiger partial charge >= 0.3 is 11.9 Å². The van der Waals surface area contributed by atoms with Crippen LogP contribution in [0.4, 0.5) is 0 Å². The van der Waals surface area contributed by atoms with Crippen molar-refractivity contribution in [3.8, 4) is 11.1 Å². The highest BCUT2D eigenvalue weighted by Gasteiger charge is 2.18. The summed E-state index contributed by atoms with van der Waals surface area (Å²) < 4.78 is 4.88. The molecular formula is C17H16O3. The maximum absolute atomic E-state index is 12.1. The molecule has 2 aromatic rings. The molecule has 0 saturated heterocycles. The molecule has 0 unspecified atom stereocenters. The summed E-state index contributed by atoms with van der Waals surface area (Å²) >= 11 is 0. The van der Waals surface area contributed by atoms with Crippen LogP contribution in [0.25, 0.3) is 11.1 Å². The second-order valence-corrected chi connectivity index (χ2v) is 4.77. The van der Waals surface area contributed by atoms with Crippen molar-refractivity contribution in [2.45, 2.75) is 13.8 Å². The van der Waals surface area contributed by atoms with Crippen LogP contribution in [0, 0.1) is 5.92 Å². The van der Waals surface area contributed by atoms with Crippen molar-refractivity contribution in [3.05, 3.63) is 60.2 Å². The third kappa shape index (κ3) is 3.12. The van der Waals surface area contributed by atoms with Gasteiger partial charge in [-0.1, -0.05) is 62.4 Å². The van der Waals surface area contributed by atoms with E-state index >= 15 is 0 Å². The fourth-order valence-corrected chi connectivity index (χ4v) is 1.79. The number of benzene rings is 2. The smallest absolute Gasteiger partial charge is 0.346 e. The topological polar surface area (TPSA) is 43.4 Å². The minimum atomic E-state index is -0.608. The molecule has 0 spiro atoms. The van der Waals surface area contributed by atoms with E-state index < -0.39 is 11.9 Å². The van der Waals surface area contributed by atoms with Crippen molar-refractivity contribution in [3.63, 3.8) is 0 Å². The van der Waals surface area contributed by atoms with Gasteiger partial charge in [0.25, 0.3) is 0 Å². The zero-order valence-corrected chi connectivity index (χ0v) is 11.5. The zero-order valence-electron chi connectivity index (χ0n) is 11.5. The Morgan fingerprint density at radius 2 is 1.50 bits per heavy atom. The first-order valence-electron chi connectivity index (χ1n) is 6.50. The van der Waals surface area contributed by atoms with E-state index in [0.29, 0.717) is 5.56 Å². The SMILES string of the molecule is CC(C)C(=O)OC(=O)c1ccccc1-c1ccccc1. The Morgan fingerprint density at radius 3 is 2.15 bits per heavy atom. The molecule has 3 heteroatoms. The van der Waals surface area contributed by atoms with Gasteiger partial charge in [-0.2, -0.15) is 0 Å². The Bertz CT molecular complexity index is 615. The predicted molar refractivity (Wildman–Crippen MR) is 77.1 cm³/mol. The number of carbonyl (C=O) groups is 2. The van der Waals surface area contributed by atoms with Crippen LogP contribution in [0.3, 0.4) is 0 Å².